The zero-order valence-corrected chi connectivity index (χ0v) is 14.2. The van der Waals surface area contributed by atoms with E-state index in [2.05, 4.69) is 53.9 Å². The van der Waals surface area contributed by atoms with Gasteiger partial charge in [0.2, 0.25) is 7.55 Å². The van der Waals surface area contributed by atoms with E-state index in [0.717, 1.165) is 17.7 Å². The average molecular weight is 329 g/mol. The number of phenols is 1. The highest BCUT2D eigenvalue weighted by Gasteiger charge is 2.24. The van der Waals surface area contributed by atoms with E-state index in [4.69, 9.17) is 5.73 Å². The van der Waals surface area contributed by atoms with Crippen molar-refractivity contribution in [3.8, 4) is 5.75 Å². The molecule has 0 saturated carbocycles. The molecular weight excluding hydrogens is 309 g/mol. The molecule has 0 amide bonds. The molecule has 0 unspecified atom stereocenters. The van der Waals surface area contributed by atoms with Gasteiger partial charge in [-0.25, -0.2) is 0 Å². The zero-order chi connectivity index (χ0) is 17.4. The molecule has 25 heavy (non-hydrogen) atoms. The second-order valence-electron chi connectivity index (χ2n) is 6.33. The summed E-state index contributed by atoms with van der Waals surface area (Å²) in [4.78, 5) is 0. The smallest absolute Gasteiger partial charge is 0.221 e. The van der Waals surface area contributed by atoms with Crippen LogP contribution in [0.2, 0.25) is 0 Å². The highest BCUT2D eigenvalue weighted by Crippen LogP contribution is 2.33. The Morgan fingerprint density at radius 2 is 2.16 bits per heavy atom. The van der Waals surface area contributed by atoms with E-state index in [1.54, 1.807) is 12.1 Å². The number of fused-ring (bicyclic) bond motifs is 2. The van der Waals surface area contributed by atoms with Gasteiger partial charge >= 0.3 is 0 Å². The van der Waals surface area contributed by atoms with Crippen molar-refractivity contribution in [2.45, 2.75) is 13.3 Å². The first-order valence-corrected chi connectivity index (χ1v) is 8.45. The van der Waals surface area contributed by atoms with E-state index in [9.17, 15) is 5.11 Å². The molecular formula is C20H20BN3O. The number of aryl methyl sites for hydroxylation is 1. The minimum absolute atomic E-state index is 0.276. The number of allylic oxidation sites excluding steroid dienone is 2. The Balaban J connectivity index is 1.77. The maximum atomic E-state index is 9.62. The molecule has 5 heteroatoms. The summed E-state index contributed by atoms with van der Waals surface area (Å²) < 4.78 is 4.36. The lowest BCUT2D eigenvalue weighted by molar-refractivity contribution is -0.307. The summed E-state index contributed by atoms with van der Waals surface area (Å²) in [5.41, 5.74) is 12.9. The third-order valence-electron chi connectivity index (χ3n) is 4.58. The van der Waals surface area contributed by atoms with Crippen LogP contribution in [0.15, 0.2) is 48.2 Å². The molecule has 0 saturated heterocycles. The molecule has 2 aromatic rings. The van der Waals surface area contributed by atoms with Gasteiger partial charge in [0.15, 0.2) is 5.70 Å². The second-order valence-corrected chi connectivity index (χ2v) is 6.33. The zero-order valence-electron chi connectivity index (χ0n) is 14.2. The maximum absolute atomic E-state index is 9.62. The Labute approximate surface area is 148 Å². The minimum atomic E-state index is 0.276. The van der Waals surface area contributed by atoms with Crippen LogP contribution in [-0.2, 0) is 0 Å². The van der Waals surface area contributed by atoms with Crippen LogP contribution in [-0.4, -0.2) is 34.4 Å². The summed E-state index contributed by atoms with van der Waals surface area (Å²) in [7, 11) is 2.11. The van der Waals surface area contributed by atoms with Gasteiger partial charge in [-0.15, -0.1) is 0 Å². The Kier molecular flexibility index (Phi) is 3.94. The van der Waals surface area contributed by atoms with Crippen molar-refractivity contribution in [3.05, 3.63) is 70.7 Å². The Morgan fingerprint density at radius 3 is 2.96 bits per heavy atom. The number of rotatable bonds is 4. The van der Waals surface area contributed by atoms with Gasteiger partial charge in [-0.2, -0.15) is 0 Å². The van der Waals surface area contributed by atoms with Crippen molar-refractivity contribution < 1.29 is 9.59 Å². The van der Waals surface area contributed by atoms with Gasteiger partial charge in [-0.05, 0) is 55.3 Å². The number of benzene rings is 1. The van der Waals surface area contributed by atoms with Crippen LogP contribution >= 0.6 is 0 Å². The van der Waals surface area contributed by atoms with E-state index < -0.39 is 0 Å². The molecule has 0 spiro atoms. The predicted octanol–water partition coefficient (Wildman–Crippen LogP) is 2.78. The summed E-state index contributed by atoms with van der Waals surface area (Å²) in [6, 6.07) is 9.44. The molecule has 2 aliphatic heterocycles. The molecule has 0 fully saturated rings. The Hall–Kier alpha value is -2.79. The fourth-order valence-electron chi connectivity index (χ4n) is 3.51. The fraction of sp³-hybridized carbons (Fsp3) is 0.150. The summed E-state index contributed by atoms with van der Waals surface area (Å²) >= 11 is 0. The quantitative estimate of drug-likeness (QED) is 0.848. The molecule has 4 rings (SSSR count). The van der Waals surface area contributed by atoms with E-state index >= 15 is 0 Å². The molecule has 2 aliphatic rings. The molecule has 3 N–H and O–H groups in total. The van der Waals surface area contributed by atoms with Crippen LogP contribution in [0.3, 0.4) is 0 Å². The van der Waals surface area contributed by atoms with Gasteiger partial charge in [0.25, 0.3) is 0 Å². The first-order chi connectivity index (χ1) is 12.2. The Bertz CT molecular complexity index is 963. The van der Waals surface area contributed by atoms with Crippen LogP contribution in [0.4, 0.5) is 0 Å². The number of aromatic nitrogens is 1. The standard InChI is InChI=1S/C20H19BN3O/c1-14-12-16(8-7-15-4-2-5-17(25)13-15)24-20(14)18(9-10-22)19-6-3-11-23(19)21-24/h2-8,11-13H,9-10,22H2,1H3/q-1/p+1. The molecule has 124 valence electrons. The first-order valence-electron chi connectivity index (χ1n) is 8.45. The number of nitrogens with two attached hydrogens (primary N) is 1. The number of nitrogens with zero attached hydrogens (tertiary/aromatic N) is 2. The maximum Gasteiger partial charge on any atom is 0.221 e. The molecule has 1 aromatic carbocycles. The van der Waals surface area contributed by atoms with Crippen LogP contribution in [0, 0.1) is 6.92 Å². The van der Waals surface area contributed by atoms with Gasteiger partial charge in [0.05, 0.1) is 0 Å². The van der Waals surface area contributed by atoms with Crippen LogP contribution < -0.4 is 5.73 Å². The van der Waals surface area contributed by atoms with E-state index in [1.165, 1.54) is 22.5 Å². The minimum Gasteiger partial charge on any atom is -0.508 e. The number of phenolic OH excluding ortho intramolecular Hbond substituents is 1. The van der Waals surface area contributed by atoms with Crippen molar-refractivity contribution in [2.24, 2.45) is 5.73 Å². The van der Waals surface area contributed by atoms with E-state index in [1.807, 2.05) is 18.2 Å². The van der Waals surface area contributed by atoms with Gasteiger partial charge < -0.3 is 19.8 Å². The Morgan fingerprint density at radius 1 is 1.28 bits per heavy atom. The largest absolute Gasteiger partial charge is 0.508 e. The second kappa shape index (κ2) is 6.26. The van der Waals surface area contributed by atoms with Crippen molar-refractivity contribution in [2.75, 3.05) is 6.54 Å². The van der Waals surface area contributed by atoms with Crippen molar-refractivity contribution in [3.63, 3.8) is 0 Å². The SMILES string of the molecule is Cc1cc(C=Cc2cccc(O)c2)n2c1C(CCN)=C1C=CC=[N+]1[B-]2. The fourth-order valence-corrected chi connectivity index (χ4v) is 3.51. The first kappa shape index (κ1) is 15.7. The van der Waals surface area contributed by atoms with Gasteiger partial charge in [0.1, 0.15) is 12.0 Å². The average Bonchev–Trinajstić information content (AvgIpc) is 3.18. The van der Waals surface area contributed by atoms with Gasteiger partial charge in [-0.3, -0.25) is 0 Å². The lowest BCUT2D eigenvalue weighted by Crippen LogP contribution is -2.30. The monoisotopic (exact) mass is 329 g/mol. The van der Waals surface area contributed by atoms with E-state index in [-0.39, 0.29) is 5.75 Å². The van der Waals surface area contributed by atoms with Crippen molar-refractivity contribution in [1.29, 1.82) is 0 Å². The molecule has 0 atom stereocenters. The molecule has 4 nitrogen and oxygen atoms in total. The lowest BCUT2D eigenvalue weighted by atomic mass is 9.94. The molecule has 1 aromatic heterocycles. The highest BCUT2D eigenvalue weighted by molar-refractivity contribution is 6.28. The van der Waals surface area contributed by atoms with Gasteiger partial charge in [-0.1, -0.05) is 18.2 Å². The summed E-state index contributed by atoms with van der Waals surface area (Å²) in [5, 5.41) is 9.62. The summed E-state index contributed by atoms with van der Waals surface area (Å²) in [5.74, 6) is 0.276. The third-order valence-corrected chi connectivity index (χ3v) is 4.58. The molecule has 2 radical (unpaired) electrons. The predicted molar refractivity (Wildman–Crippen MR) is 103 cm³/mol. The lowest BCUT2D eigenvalue weighted by Gasteiger charge is -2.29. The number of aromatic hydroxyl groups is 1. The van der Waals surface area contributed by atoms with Crippen molar-refractivity contribution >= 4 is 31.5 Å². The third kappa shape index (κ3) is 2.77. The van der Waals surface area contributed by atoms with Crippen LogP contribution in [0.5, 0.6) is 5.75 Å². The molecule has 0 aliphatic carbocycles. The summed E-state index contributed by atoms with van der Waals surface area (Å²) in [6.07, 6.45) is 11.2. The molecule has 0 bridgehead atoms. The molecule has 3 heterocycles. The number of hydrogen-bond acceptors (Lipinski definition) is 2. The highest BCUT2D eigenvalue weighted by atomic mass is 16.3. The summed E-state index contributed by atoms with van der Waals surface area (Å²) in [6.45, 7) is 2.76. The number of hydrogen-bond donors (Lipinski definition) is 2. The van der Waals surface area contributed by atoms with Gasteiger partial charge in [0, 0.05) is 29.1 Å². The van der Waals surface area contributed by atoms with E-state index in [0.29, 0.717) is 6.54 Å². The topological polar surface area (TPSA) is 54.2 Å². The normalized spacial score (nSPS) is 15.7. The van der Waals surface area contributed by atoms with Crippen LogP contribution in [0.1, 0.15) is 28.9 Å². The van der Waals surface area contributed by atoms with Crippen molar-refractivity contribution in [1.82, 2.24) is 4.48 Å². The van der Waals surface area contributed by atoms with Crippen LogP contribution in [0.25, 0.3) is 17.7 Å².